The maximum absolute atomic E-state index is 12.5. The van der Waals surface area contributed by atoms with Crippen LogP contribution in [0.4, 0.5) is 0 Å². The van der Waals surface area contributed by atoms with Gasteiger partial charge >= 0.3 is 0 Å². The molecule has 0 aromatic heterocycles. The van der Waals surface area contributed by atoms with E-state index >= 15 is 0 Å². The van der Waals surface area contributed by atoms with Gasteiger partial charge in [-0.25, -0.2) is 12.7 Å². The van der Waals surface area contributed by atoms with Gasteiger partial charge in [0.25, 0.3) is 0 Å². The number of hydrogen-bond donors (Lipinski definition) is 1. The predicted molar refractivity (Wildman–Crippen MR) is 101 cm³/mol. The van der Waals surface area contributed by atoms with Gasteiger partial charge in [0.1, 0.15) is 0 Å². The molecule has 0 unspecified atom stereocenters. The van der Waals surface area contributed by atoms with Crippen molar-refractivity contribution in [2.45, 2.75) is 52.0 Å². The highest BCUT2D eigenvalue weighted by atomic mass is 32.2. The van der Waals surface area contributed by atoms with Gasteiger partial charge in [0.05, 0.1) is 12.3 Å². The van der Waals surface area contributed by atoms with Crippen LogP contribution in [0.2, 0.25) is 0 Å². The molecule has 1 atom stereocenters. The van der Waals surface area contributed by atoms with Crippen LogP contribution in [-0.2, 0) is 20.2 Å². The highest BCUT2D eigenvalue weighted by Gasteiger charge is 2.29. The lowest BCUT2D eigenvalue weighted by Crippen LogP contribution is -2.43. The zero-order valence-corrected chi connectivity index (χ0v) is 16.7. The predicted octanol–water partition coefficient (Wildman–Crippen LogP) is 2.83. The second kappa shape index (κ2) is 7.46. The molecule has 0 bridgehead atoms. The summed E-state index contributed by atoms with van der Waals surface area (Å²) in [6, 6.07) is 8.30. The average molecular weight is 367 g/mol. The lowest BCUT2D eigenvalue weighted by molar-refractivity contribution is -0.126. The molecule has 1 amide bonds. The molecule has 1 fully saturated rings. The van der Waals surface area contributed by atoms with Crippen molar-refractivity contribution in [2.24, 2.45) is 5.92 Å². The molecule has 0 spiro atoms. The van der Waals surface area contributed by atoms with Gasteiger partial charge in [0.15, 0.2) is 0 Å². The Morgan fingerprint density at radius 1 is 1.16 bits per heavy atom. The zero-order valence-electron chi connectivity index (χ0n) is 15.9. The van der Waals surface area contributed by atoms with Crippen molar-refractivity contribution in [3.63, 3.8) is 0 Å². The van der Waals surface area contributed by atoms with Crippen LogP contribution < -0.4 is 5.32 Å². The normalized spacial score (nSPS) is 18.8. The zero-order chi connectivity index (χ0) is 18.8. The SMILES string of the molecule is C[C@H](NC(=O)C1CCN(S(C)(=O)=O)CC1)c1ccc(C(C)(C)C)cc1. The molecule has 0 radical (unpaired) electrons. The van der Waals surface area contributed by atoms with E-state index in [0.29, 0.717) is 25.9 Å². The summed E-state index contributed by atoms with van der Waals surface area (Å²) in [4.78, 5) is 12.5. The van der Waals surface area contributed by atoms with Gasteiger partial charge in [-0.15, -0.1) is 0 Å². The second-order valence-electron chi connectivity index (χ2n) is 8.04. The number of nitrogens with one attached hydrogen (secondary N) is 1. The van der Waals surface area contributed by atoms with Crippen molar-refractivity contribution in [3.05, 3.63) is 35.4 Å². The number of sulfonamides is 1. The molecule has 140 valence electrons. The van der Waals surface area contributed by atoms with Gasteiger partial charge < -0.3 is 5.32 Å². The summed E-state index contributed by atoms with van der Waals surface area (Å²) in [6.45, 7) is 9.36. The molecule has 0 saturated carbocycles. The standard InChI is InChI=1S/C19H30N2O3S/c1-14(15-6-8-17(9-7-15)19(2,3)4)20-18(22)16-10-12-21(13-11-16)25(5,23)24/h6-9,14,16H,10-13H2,1-5H3,(H,20,22)/t14-/m0/s1. The smallest absolute Gasteiger partial charge is 0.223 e. The van der Waals surface area contributed by atoms with E-state index in [0.717, 1.165) is 5.56 Å². The third-order valence-corrected chi connectivity index (χ3v) is 6.23. The van der Waals surface area contributed by atoms with E-state index in [9.17, 15) is 13.2 Å². The van der Waals surface area contributed by atoms with Crippen molar-refractivity contribution in [3.8, 4) is 0 Å². The van der Waals surface area contributed by atoms with E-state index in [1.54, 1.807) is 0 Å². The Morgan fingerprint density at radius 2 is 1.68 bits per heavy atom. The highest BCUT2D eigenvalue weighted by molar-refractivity contribution is 7.88. The molecule has 1 N–H and O–H groups in total. The molecule has 1 aromatic carbocycles. The summed E-state index contributed by atoms with van der Waals surface area (Å²) in [5.41, 5.74) is 2.45. The van der Waals surface area contributed by atoms with Crippen LogP contribution in [0, 0.1) is 5.92 Å². The van der Waals surface area contributed by atoms with E-state index in [-0.39, 0.29) is 23.3 Å². The number of rotatable bonds is 4. The van der Waals surface area contributed by atoms with Crippen LogP contribution in [0.5, 0.6) is 0 Å². The van der Waals surface area contributed by atoms with Crippen LogP contribution in [0.3, 0.4) is 0 Å². The number of amides is 1. The molecule has 1 aliphatic rings. The number of piperidine rings is 1. The van der Waals surface area contributed by atoms with Crippen molar-refractivity contribution in [1.82, 2.24) is 9.62 Å². The van der Waals surface area contributed by atoms with E-state index < -0.39 is 10.0 Å². The topological polar surface area (TPSA) is 66.5 Å². The lowest BCUT2D eigenvalue weighted by atomic mass is 9.86. The fourth-order valence-electron chi connectivity index (χ4n) is 3.14. The number of nitrogens with zero attached hydrogens (tertiary/aromatic N) is 1. The second-order valence-corrected chi connectivity index (χ2v) is 10.0. The average Bonchev–Trinajstić information content (AvgIpc) is 2.53. The minimum atomic E-state index is -3.16. The minimum absolute atomic E-state index is 0.0144. The third-order valence-electron chi connectivity index (χ3n) is 4.93. The quantitative estimate of drug-likeness (QED) is 0.891. The maximum Gasteiger partial charge on any atom is 0.223 e. The molecule has 25 heavy (non-hydrogen) atoms. The molecular formula is C19H30N2O3S. The Hall–Kier alpha value is -1.40. The maximum atomic E-state index is 12.5. The van der Waals surface area contributed by atoms with Gasteiger partial charge in [-0.05, 0) is 36.3 Å². The number of carbonyl (C=O) groups is 1. The van der Waals surface area contributed by atoms with Crippen molar-refractivity contribution < 1.29 is 13.2 Å². The first-order chi connectivity index (χ1) is 11.5. The highest BCUT2D eigenvalue weighted by Crippen LogP contribution is 2.25. The molecule has 1 aromatic rings. The van der Waals surface area contributed by atoms with Crippen LogP contribution in [-0.4, -0.2) is 38.0 Å². The van der Waals surface area contributed by atoms with Crippen LogP contribution in [0.25, 0.3) is 0 Å². The Bertz CT molecular complexity index is 697. The first-order valence-electron chi connectivity index (χ1n) is 8.84. The van der Waals surface area contributed by atoms with E-state index in [1.807, 2.05) is 6.92 Å². The molecular weight excluding hydrogens is 336 g/mol. The Labute approximate surface area is 151 Å². The van der Waals surface area contributed by atoms with Crippen molar-refractivity contribution in [2.75, 3.05) is 19.3 Å². The fourth-order valence-corrected chi connectivity index (χ4v) is 4.01. The van der Waals surface area contributed by atoms with Gasteiger partial charge in [-0.3, -0.25) is 4.79 Å². The summed E-state index contributed by atoms with van der Waals surface area (Å²) in [6.07, 6.45) is 2.37. The fraction of sp³-hybridized carbons (Fsp3) is 0.632. The molecule has 2 rings (SSSR count). The van der Waals surface area contributed by atoms with Gasteiger partial charge in [-0.1, -0.05) is 45.0 Å². The van der Waals surface area contributed by atoms with E-state index in [1.165, 1.54) is 16.1 Å². The summed E-state index contributed by atoms with van der Waals surface area (Å²) >= 11 is 0. The Morgan fingerprint density at radius 3 is 2.12 bits per heavy atom. The van der Waals surface area contributed by atoms with E-state index in [4.69, 9.17) is 0 Å². The Balaban J connectivity index is 1.92. The summed E-state index contributed by atoms with van der Waals surface area (Å²) in [5, 5.41) is 3.07. The Kier molecular flexibility index (Phi) is 5.94. The summed E-state index contributed by atoms with van der Waals surface area (Å²) < 4.78 is 24.5. The molecule has 1 saturated heterocycles. The first kappa shape index (κ1) is 19.9. The van der Waals surface area contributed by atoms with Gasteiger partial charge in [-0.2, -0.15) is 0 Å². The summed E-state index contributed by atoms with van der Waals surface area (Å²) in [7, 11) is -3.16. The first-order valence-corrected chi connectivity index (χ1v) is 10.7. The van der Waals surface area contributed by atoms with Crippen LogP contribution in [0.1, 0.15) is 57.7 Å². The minimum Gasteiger partial charge on any atom is -0.349 e. The number of carbonyl (C=O) groups excluding carboxylic acids is 1. The summed E-state index contributed by atoms with van der Waals surface area (Å²) in [5.74, 6) is -0.102. The van der Waals surface area contributed by atoms with Crippen molar-refractivity contribution in [1.29, 1.82) is 0 Å². The molecule has 1 heterocycles. The molecule has 1 aliphatic heterocycles. The monoisotopic (exact) mass is 366 g/mol. The number of benzene rings is 1. The largest absolute Gasteiger partial charge is 0.349 e. The van der Waals surface area contributed by atoms with Gasteiger partial charge in [0.2, 0.25) is 15.9 Å². The molecule has 0 aliphatic carbocycles. The molecule has 5 nitrogen and oxygen atoms in total. The third kappa shape index (κ3) is 5.28. The van der Waals surface area contributed by atoms with Gasteiger partial charge in [0, 0.05) is 19.0 Å². The number of hydrogen-bond acceptors (Lipinski definition) is 3. The van der Waals surface area contributed by atoms with Crippen LogP contribution in [0.15, 0.2) is 24.3 Å². The molecule has 6 heteroatoms. The van der Waals surface area contributed by atoms with Crippen molar-refractivity contribution >= 4 is 15.9 Å². The van der Waals surface area contributed by atoms with Crippen LogP contribution >= 0.6 is 0 Å². The lowest BCUT2D eigenvalue weighted by Gasteiger charge is -2.30. The van der Waals surface area contributed by atoms with E-state index in [2.05, 4.69) is 50.4 Å².